The predicted octanol–water partition coefficient (Wildman–Crippen LogP) is 0.770. The van der Waals surface area contributed by atoms with Crippen molar-refractivity contribution >= 4 is 35.6 Å². The second-order valence-corrected chi connectivity index (χ2v) is 14.2. The monoisotopic (exact) mass is 706 g/mol. The Bertz CT molecular complexity index is 1840. The van der Waals surface area contributed by atoms with E-state index in [2.05, 4.69) is 24.3 Å². The zero-order chi connectivity index (χ0) is 35.2. The molecule has 52 heavy (non-hydrogen) atoms. The fourth-order valence-electron chi connectivity index (χ4n) is 8.42. The highest BCUT2D eigenvalue weighted by atomic mass is 16.9. The van der Waals surface area contributed by atoms with Crippen LogP contribution in [0.15, 0.2) is 109 Å². The molecule has 4 aromatic carbocycles. The van der Waals surface area contributed by atoms with Crippen molar-refractivity contribution in [3.05, 3.63) is 131 Å². The summed E-state index contributed by atoms with van der Waals surface area (Å²) in [5, 5.41) is 42.3. The lowest BCUT2D eigenvalue weighted by Gasteiger charge is -2.43. The van der Waals surface area contributed by atoms with Gasteiger partial charge in [-0.2, -0.15) is 0 Å². The molecular weight excluding hydrogens is 670 g/mol. The number of ether oxygens (including phenoxy) is 2. The van der Waals surface area contributed by atoms with Crippen LogP contribution in [0, 0.1) is 0 Å². The highest BCUT2D eigenvalue weighted by Gasteiger charge is 2.58. The van der Waals surface area contributed by atoms with Crippen LogP contribution in [0.25, 0.3) is 11.1 Å². The first kappa shape index (κ1) is 32.9. The lowest BCUT2D eigenvalue weighted by atomic mass is 9.68. The molecule has 4 N–H and O–H groups in total. The van der Waals surface area contributed by atoms with Crippen LogP contribution in [0.3, 0.4) is 0 Å². The third kappa shape index (κ3) is 5.11. The van der Waals surface area contributed by atoms with E-state index in [1.165, 1.54) is 0 Å². The number of hydrogen-bond donors (Lipinski definition) is 4. The Morgan fingerprint density at radius 3 is 1.19 bits per heavy atom. The van der Waals surface area contributed by atoms with E-state index in [1.807, 2.05) is 84.9 Å². The minimum absolute atomic E-state index is 0.00760. The largest absolute Gasteiger partial charge is 0.539 e. The maximum atomic E-state index is 10.7. The van der Waals surface area contributed by atoms with E-state index in [-0.39, 0.29) is 13.2 Å². The van der Waals surface area contributed by atoms with Crippen molar-refractivity contribution in [1.29, 1.82) is 0 Å². The Labute approximate surface area is 299 Å². The van der Waals surface area contributed by atoms with Gasteiger partial charge in [-0.3, -0.25) is 0 Å². The number of aliphatic hydroxyl groups is 4. The highest BCUT2D eigenvalue weighted by Crippen LogP contribution is 2.41. The second-order valence-electron chi connectivity index (χ2n) is 14.2. The summed E-state index contributed by atoms with van der Waals surface area (Å²) in [5.74, 6) is 0. The van der Waals surface area contributed by atoms with Gasteiger partial charge in [0.25, 0.3) is 0 Å². The maximum absolute atomic E-state index is 10.7. The molecule has 12 atom stereocenters. The molecule has 0 aromatic heterocycles. The molecule has 6 aliphatic heterocycles. The fourth-order valence-corrected chi connectivity index (χ4v) is 8.42. The van der Waals surface area contributed by atoms with Crippen LogP contribution in [-0.4, -0.2) is 109 Å². The molecule has 10 rings (SSSR count). The molecule has 6 aliphatic rings. The minimum Gasteiger partial charge on any atom is -0.539 e. The molecule has 0 aliphatic carbocycles. The van der Waals surface area contributed by atoms with Gasteiger partial charge in [-0.1, -0.05) is 109 Å². The fraction of sp³-hybridized carbons (Fsp3) is 0.316. The number of benzene rings is 4. The van der Waals surface area contributed by atoms with E-state index in [9.17, 15) is 20.4 Å². The van der Waals surface area contributed by atoms with Gasteiger partial charge in [-0.25, -0.2) is 0 Å². The van der Waals surface area contributed by atoms with Crippen molar-refractivity contribution < 1.29 is 57.8 Å². The summed E-state index contributed by atoms with van der Waals surface area (Å²) in [6, 6.07) is 35.9. The zero-order valence-corrected chi connectivity index (χ0v) is 27.8. The molecule has 0 saturated carbocycles. The van der Waals surface area contributed by atoms with E-state index in [4.69, 9.17) is 37.4 Å². The molecule has 6 fully saturated rings. The van der Waals surface area contributed by atoms with Gasteiger partial charge in [0, 0.05) is 13.2 Å². The molecule has 7 unspecified atom stereocenters. The molecule has 6 heterocycles. The molecule has 268 valence electrons. The Morgan fingerprint density at radius 1 is 0.442 bits per heavy atom. The van der Waals surface area contributed by atoms with Gasteiger partial charge < -0.3 is 57.8 Å². The van der Waals surface area contributed by atoms with Gasteiger partial charge >= 0.3 is 13.5 Å². The SMILES string of the molecule is OC1C2CO[B-]3(c4ccc(C(=C(c5ccccc5)c5ccc([B-]67OCC8O[C@@H](O6)C(O7)[C@@H](O)[C@@H]8O)cc5)c5ccccc5)cc4)OC([C@H](O2)O3)[C@H]1O. The first-order valence-corrected chi connectivity index (χ1v) is 17.7. The number of fused-ring (bicyclic) bond motifs is 4. The minimum atomic E-state index is -2.43. The van der Waals surface area contributed by atoms with E-state index in [1.54, 1.807) is 0 Å². The Morgan fingerprint density at radius 2 is 0.808 bits per heavy atom. The van der Waals surface area contributed by atoms with Crippen molar-refractivity contribution in [2.45, 2.75) is 61.4 Å². The number of aliphatic hydroxyl groups excluding tert-OH is 4. The third-order valence-corrected chi connectivity index (χ3v) is 11.1. The lowest BCUT2D eigenvalue weighted by molar-refractivity contribution is -0.246. The maximum Gasteiger partial charge on any atom is 0.411 e. The Hall–Kier alpha value is -3.73. The molecule has 6 saturated heterocycles. The molecular formula is C38H36B2O12-2. The van der Waals surface area contributed by atoms with Gasteiger partial charge in [0.1, 0.15) is 49.2 Å². The van der Waals surface area contributed by atoms with Crippen LogP contribution >= 0.6 is 0 Å². The molecule has 4 aromatic rings. The van der Waals surface area contributed by atoms with E-state index < -0.39 is 74.9 Å². The van der Waals surface area contributed by atoms with Crippen molar-refractivity contribution in [3.63, 3.8) is 0 Å². The summed E-state index contributed by atoms with van der Waals surface area (Å²) in [6.07, 6.45) is -9.50. The molecule has 12 nitrogen and oxygen atoms in total. The van der Waals surface area contributed by atoms with E-state index in [0.29, 0.717) is 10.9 Å². The highest BCUT2D eigenvalue weighted by molar-refractivity contribution is 6.76. The Balaban J connectivity index is 1.05. The predicted molar refractivity (Wildman–Crippen MR) is 187 cm³/mol. The summed E-state index contributed by atoms with van der Waals surface area (Å²) in [4.78, 5) is 0. The van der Waals surface area contributed by atoms with Crippen LogP contribution < -0.4 is 10.9 Å². The molecule has 6 bridgehead atoms. The summed E-state index contributed by atoms with van der Waals surface area (Å²) >= 11 is 0. The topological polar surface area (TPSA) is 155 Å². The average Bonchev–Trinajstić information content (AvgIpc) is 3.63. The number of rotatable bonds is 6. The van der Waals surface area contributed by atoms with Crippen LogP contribution in [-0.2, 0) is 37.4 Å². The molecule has 0 amide bonds. The average molecular weight is 706 g/mol. The summed E-state index contributed by atoms with van der Waals surface area (Å²) in [7, 11) is 0. The van der Waals surface area contributed by atoms with Crippen LogP contribution in [0.4, 0.5) is 0 Å². The zero-order valence-electron chi connectivity index (χ0n) is 27.8. The van der Waals surface area contributed by atoms with Gasteiger partial charge in [-0.05, 0) is 33.4 Å². The Kier molecular flexibility index (Phi) is 7.85. The van der Waals surface area contributed by atoms with Crippen molar-refractivity contribution in [1.82, 2.24) is 0 Å². The van der Waals surface area contributed by atoms with Gasteiger partial charge in [-0.15, -0.1) is 10.9 Å². The van der Waals surface area contributed by atoms with Gasteiger partial charge in [0.15, 0.2) is 0 Å². The third-order valence-electron chi connectivity index (χ3n) is 11.1. The number of hydrogen-bond acceptors (Lipinski definition) is 12. The summed E-state index contributed by atoms with van der Waals surface area (Å²) < 4.78 is 48.8. The van der Waals surface area contributed by atoms with Crippen molar-refractivity contribution in [2.24, 2.45) is 0 Å². The smallest absolute Gasteiger partial charge is 0.411 e. The summed E-state index contributed by atoms with van der Waals surface area (Å²) in [5.41, 5.74) is 7.06. The lowest BCUT2D eigenvalue weighted by Crippen LogP contribution is -2.61. The van der Waals surface area contributed by atoms with Crippen LogP contribution in [0.2, 0.25) is 0 Å². The van der Waals surface area contributed by atoms with Crippen molar-refractivity contribution in [3.8, 4) is 0 Å². The standard InChI is InChI=1S/C38H36B2O12/c41-31-27-19-45-39(49-35(33(31)43)37(47-27)51-39)25-15-11-23(12-16-25)29(21-7-3-1-4-8-21)30(22-9-5-2-6-10-22)24-13-17-26(18-14-24)40-46-20-28-32(42)34(44)36(50-40)38(48-28)52-40/h1-18,27-28,31-38,41-44H,19-20H2/q-2/t27?,28?,31-,32?,33+,34+,35?,36?,37+,38-,39?,40?/m1/s1. The van der Waals surface area contributed by atoms with Crippen LogP contribution in [0.5, 0.6) is 0 Å². The second kappa shape index (κ2) is 12.4. The normalized spacial score (nSPS) is 39.2. The van der Waals surface area contributed by atoms with Crippen molar-refractivity contribution in [2.75, 3.05) is 13.2 Å². The molecule has 0 radical (unpaired) electrons. The first-order chi connectivity index (χ1) is 25.3. The van der Waals surface area contributed by atoms with E-state index in [0.717, 1.165) is 33.4 Å². The van der Waals surface area contributed by atoms with E-state index >= 15 is 0 Å². The molecule has 14 heteroatoms. The van der Waals surface area contributed by atoms with Crippen LogP contribution in [0.1, 0.15) is 22.3 Å². The van der Waals surface area contributed by atoms with Gasteiger partial charge in [0.05, 0.1) is 12.2 Å². The quantitative estimate of drug-likeness (QED) is 0.166. The summed E-state index contributed by atoms with van der Waals surface area (Å²) in [6.45, 7) is -4.85. The molecule has 0 spiro atoms. The van der Waals surface area contributed by atoms with Gasteiger partial charge in [0.2, 0.25) is 0 Å². The first-order valence-electron chi connectivity index (χ1n) is 17.7.